The normalized spacial score (nSPS) is 19.8. The molecule has 2 unspecified atom stereocenters. The van der Waals surface area contributed by atoms with E-state index < -0.39 is 17.7 Å². The van der Waals surface area contributed by atoms with Crippen molar-refractivity contribution in [2.24, 2.45) is 11.7 Å². The van der Waals surface area contributed by atoms with Crippen LogP contribution in [0.1, 0.15) is 50.6 Å². The number of halogens is 2. The summed E-state index contributed by atoms with van der Waals surface area (Å²) in [6.45, 7) is 2.47. The zero-order chi connectivity index (χ0) is 14.5. The fourth-order valence-corrected chi connectivity index (χ4v) is 3.14. The first-order valence-electron chi connectivity index (χ1n) is 7.45. The maximum atomic E-state index is 13.9. The van der Waals surface area contributed by atoms with Crippen LogP contribution in [0.25, 0.3) is 0 Å². The number of hydrogen-bond acceptors (Lipinski definition) is 2. The highest BCUT2D eigenvalue weighted by atomic mass is 19.1. The number of nitrogens with two attached hydrogens (primary N) is 1. The van der Waals surface area contributed by atoms with Gasteiger partial charge in [0.15, 0.2) is 0 Å². The second kappa shape index (κ2) is 7.14. The molecule has 2 atom stereocenters. The predicted octanol–water partition coefficient (Wildman–Crippen LogP) is 3.95. The summed E-state index contributed by atoms with van der Waals surface area (Å²) in [5.41, 5.74) is 6.56. The lowest BCUT2D eigenvalue weighted by molar-refractivity contribution is -0.0105. The van der Waals surface area contributed by atoms with Gasteiger partial charge in [0.25, 0.3) is 0 Å². The Kier molecular flexibility index (Phi) is 5.49. The van der Waals surface area contributed by atoms with Gasteiger partial charge in [-0.1, -0.05) is 25.3 Å². The van der Waals surface area contributed by atoms with Crippen LogP contribution in [0.3, 0.4) is 0 Å². The van der Waals surface area contributed by atoms with Crippen molar-refractivity contribution in [2.45, 2.75) is 51.2 Å². The van der Waals surface area contributed by atoms with Crippen LogP contribution in [-0.2, 0) is 4.74 Å². The SMILES string of the molecule is CCOC(C1CCCCC1)C(N)c1ccc(F)cc1F. The molecule has 2 rings (SSSR count). The molecule has 0 aromatic heterocycles. The molecule has 0 bridgehead atoms. The van der Waals surface area contributed by atoms with Crippen LogP contribution in [0, 0.1) is 17.6 Å². The molecule has 1 fully saturated rings. The maximum Gasteiger partial charge on any atom is 0.130 e. The van der Waals surface area contributed by atoms with Gasteiger partial charge in [0.05, 0.1) is 12.1 Å². The second-order valence-corrected chi connectivity index (χ2v) is 5.51. The van der Waals surface area contributed by atoms with Crippen LogP contribution in [0.15, 0.2) is 18.2 Å². The lowest BCUT2D eigenvalue weighted by Crippen LogP contribution is -2.37. The van der Waals surface area contributed by atoms with Gasteiger partial charge in [-0.3, -0.25) is 0 Å². The number of ether oxygens (including phenoxy) is 1. The van der Waals surface area contributed by atoms with E-state index in [-0.39, 0.29) is 6.10 Å². The smallest absolute Gasteiger partial charge is 0.130 e. The summed E-state index contributed by atoms with van der Waals surface area (Å²) in [4.78, 5) is 0. The highest BCUT2D eigenvalue weighted by Crippen LogP contribution is 2.34. The van der Waals surface area contributed by atoms with Crippen LogP contribution < -0.4 is 5.73 Å². The number of hydrogen-bond donors (Lipinski definition) is 1. The first-order valence-corrected chi connectivity index (χ1v) is 7.45. The van der Waals surface area contributed by atoms with Crippen molar-refractivity contribution in [3.63, 3.8) is 0 Å². The summed E-state index contributed by atoms with van der Waals surface area (Å²) in [6.07, 6.45) is 5.54. The van der Waals surface area contributed by atoms with Gasteiger partial charge >= 0.3 is 0 Å². The van der Waals surface area contributed by atoms with Crippen LogP contribution in [-0.4, -0.2) is 12.7 Å². The van der Waals surface area contributed by atoms with Gasteiger partial charge in [-0.25, -0.2) is 8.78 Å². The Labute approximate surface area is 119 Å². The lowest BCUT2D eigenvalue weighted by Gasteiger charge is -2.34. The molecular formula is C16H23F2NO. The standard InChI is InChI=1S/C16H23F2NO/c1-2-20-16(11-6-4-3-5-7-11)15(19)13-9-8-12(17)10-14(13)18/h8-11,15-16H,2-7,19H2,1H3. The monoisotopic (exact) mass is 283 g/mol. The van der Waals surface area contributed by atoms with Gasteiger partial charge in [-0.05, 0) is 31.7 Å². The average molecular weight is 283 g/mol. The Morgan fingerprint density at radius 3 is 2.55 bits per heavy atom. The number of rotatable bonds is 5. The molecule has 112 valence electrons. The van der Waals surface area contributed by atoms with E-state index in [4.69, 9.17) is 10.5 Å². The van der Waals surface area contributed by atoms with Crippen LogP contribution in [0.4, 0.5) is 8.78 Å². The second-order valence-electron chi connectivity index (χ2n) is 5.51. The van der Waals surface area contributed by atoms with E-state index in [1.165, 1.54) is 31.4 Å². The minimum atomic E-state index is -0.585. The third kappa shape index (κ3) is 3.55. The van der Waals surface area contributed by atoms with E-state index in [1.54, 1.807) is 0 Å². The third-order valence-electron chi connectivity index (χ3n) is 4.15. The highest BCUT2D eigenvalue weighted by Gasteiger charge is 2.31. The summed E-state index contributed by atoms with van der Waals surface area (Å²) in [7, 11) is 0. The van der Waals surface area contributed by atoms with Gasteiger partial charge < -0.3 is 10.5 Å². The molecule has 1 aliphatic rings. The third-order valence-corrected chi connectivity index (χ3v) is 4.15. The van der Waals surface area contributed by atoms with Crippen molar-refractivity contribution in [3.8, 4) is 0 Å². The van der Waals surface area contributed by atoms with Crippen LogP contribution >= 0.6 is 0 Å². The highest BCUT2D eigenvalue weighted by molar-refractivity contribution is 5.23. The molecule has 1 aromatic rings. The summed E-state index contributed by atoms with van der Waals surface area (Å²) >= 11 is 0. The van der Waals surface area contributed by atoms with Gasteiger partial charge in [-0.2, -0.15) is 0 Å². The fourth-order valence-electron chi connectivity index (χ4n) is 3.14. The molecular weight excluding hydrogens is 260 g/mol. The molecule has 0 spiro atoms. The van der Waals surface area contributed by atoms with Crippen molar-refractivity contribution in [3.05, 3.63) is 35.4 Å². The predicted molar refractivity (Wildman–Crippen MR) is 75.3 cm³/mol. The van der Waals surface area contributed by atoms with Crippen LogP contribution in [0.2, 0.25) is 0 Å². The molecule has 0 aliphatic heterocycles. The Morgan fingerprint density at radius 2 is 1.95 bits per heavy atom. The van der Waals surface area contributed by atoms with Crippen molar-refractivity contribution in [2.75, 3.05) is 6.61 Å². The molecule has 0 saturated heterocycles. The molecule has 0 amide bonds. The Morgan fingerprint density at radius 1 is 1.25 bits per heavy atom. The summed E-state index contributed by atoms with van der Waals surface area (Å²) in [5, 5.41) is 0. The van der Waals surface area contributed by atoms with Crippen molar-refractivity contribution < 1.29 is 13.5 Å². The van der Waals surface area contributed by atoms with Gasteiger partial charge in [0, 0.05) is 18.2 Å². The van der Waals surface area contributed by atoms with Gasteiger partial charge in [-0.15, -0.1) is 0 Å². The molecule has 20 heavy (non-hydrogen) atoms. The van der Waals surface area contributed by atoms with Crippen molar-refractivity contribution >= 4 is 0 Å². The van der Waals surface area contributed by atoms with E-state index in [0.29, 0.717) is 18.1 Å². The first kappa shape index (κ1) is 15.4. The van der Waals surface area contributed by atoms with Gasteiger partial charge in [0.1, 0.15) is 11.6 Å². The Bertz CT molecular complexity index is 432. The van der Waals surface area contributed by atoms with Crippen molar-refractivity contribution in [1.82, 2.24) is 0 Å². The molecule has 0 heterocycles. The Hall–Kier alpha value is -1.00. The summed E-state index contributed by atoms with van der Waals surface area (Å²) < 4.78 is 32.7. The Balaban J connectivity index is 2.18. The average Bonchev–Trinajstić information content (AvgIpc) is 2.45. The molecule has 0 radical (unpaired) electrons. The minimum Gasteiger partial charge on any atom is -0.376 e. The minimum absolute atomic E-state index is 0.194. The van der Waals surface area contributed by atoms with Crippen LogP contribution in [0.5, 0.6) is 0 Å². The molecule has 1 aromatic carbocycles. The quantitative estimate of drug-likeness (QED) is 0.888. The van der Waals surface area contributed by atoms with Crippen molar-refractivity contribution in [1.29, 1.82) is 0 Å². The molecule has 1 aliphatic carbocycles. The zero-order valence-electron chi connectivity index (χ0n) is 11.9. The number of benzene rings is 1. The largest absolute Gasteiger partial charge is 0.376 e. The van der Waals surface area contributed by atoms with E-state index in [2.05, 4.69) is 0 Å². The fraction of sp³-hybridized carbons (Fsp3) is 0.625. The van der Waals surface area contributed by atoms with E-state index in [1.807, 2.05) is 6.92 Å². The van der Waals surface area contributed by atoms with E-state index in [9.17, 15) is 8.78 Å². The molecule has 1 saturated carbocycles. The summed E-state index contributed by atoms with van der Waals surface area (Å²) in [5.74, 6) is -0.801. The van der Waals surface area contributed by atoms with Gasteiger partial charge in [0.2, 0.25) is 0 Å². The molecule has 4 heteroatoms. The zero-order valence-corrected chi connectivity index (χ0v) is 11.9. The summed E-state index contributed by atoms with van der Waals surface area (Å²) in [6, 6.07) is 3.03. The molecule has 2 N–H and O–H groups in total. The topological polar surface area (TPSA) is 35.2 Å². The molecule has 2 nitrogen and oxygen atoms in total. The van der Waals surface area contributed by atoms with E-state index in [0.717, 1.165) is 18.9 Å². The maximum absolute atomic E-state index is 13.9. The first-order chi connectivity index (χ1) is 9.63. The lowest BCUT2D eigenvalue weighted by atomic mass is 9.81. The van der Waals surface area contributed by atoms with E-state index >= 15 is 0 Å².